The van der Waals surface area contributed by atoms with Crippen LogP contribution in [0.25, 0.3) is 11.4 Å². The topological polar surface area (TPSA) is 127 Å². The summed E-state index contributed by atoms with van der Waals surface area (Å²) in [6.45, 7) is 3.32. The second kappa shape index (κ2) is 8.22. The number of carbonyl (C=O) groups excluding carboxylic acids is 1. The molecule has 2 aromatic heterocycles. The standard InChI is InChI=1S/C19H18F2N6O4/c1-9(17-25-16(26-31-17)11-3-4-12(20)13(21)7-11)23-18-22-6-5-15(24-18)27-14(10(2)28)8-30-19(27)29/h3-7,9-10,14,28H,8H2,1-2H3,(H,22,23,24)/t9-,10+,14?/m0/s1. The van der Waals surface area contributed by atoms with E-state index in [9.17, 15) is 18.7 Å². The van der Waals surface area contributed by atoms with Crippen molar-refractivity contribution in [3.8, 4) is 11.4 Å². The molecular weight excluding hydrogens is 414 g/mol. The van der Waals surface area contributed by atoms with E-state index in [1.807, 2.05) is 0 Å². The number of halogens is 2. The minimum absolute atomic E-state index is 0.0500. The maximum absolute atomic E-state index is 13.4. The highest BCUT2D eigenvalue weighted by Crippen LogP contribution is 2.25. The maximum Gasteiger partial charge on any atom is 0.416 e. The molecule has 31 heavy (non-hydrogen) atoms. The Morgan fingerprint density at radius 3 is 2.77 bits per heavy atom. The molecule has 4 rings (SSSR count). The van der Waals surface area contributed by atoms with Crippen molar-refractivity contribution in [2.24, 2.45) is 0 Å². The molecule has 0 aliphatic carbocycles. The number of nitrogens with one attached hydrogen (secondary N) is 1. The molecule has 1 fully saturated rings. The number of anilines is 2. The second-order valence-corrected chi connectivity index (χ2v) is 6.94. The van der Waals surface area contributed by atoms with Crippen LogP contribution in [0, 0.1) is 11.6 Å². The number of rotatable bonds is 6. The van der Waals surface area contributed by atoms with Crippen molar-refractivity contribution in [3.63, 3.8) is 0 Å². The zero-order chi connectivity index (χ0) is 22.1. The van der Waals surface area contributed by atoms with Gasteiger partial charge in [0.2, 0.25) is 17.7 Å². The monoisotopic (exact) mass is 432 g/mol. The van der Waals surface area contributed by atoms with E-state index in [0.29, 0.717) is 0 Å². The summed E-state index contributed by atoms with van der Waals surface area (Å²) < 4.78 is 36.8. The number of benzene rings is 1. The molecule has 1 aliphatic heterocycles. The highest BCUT2D eigenvalue weighted by molar-refractivity contribution is 5.89. The fourth-order valence-electron chi connectivity index (χ4n) is 3.03. The highest BCUT2D eigenvalue weighted by atomic mass is 19.2. The molecule has 1 amide bonds. The number of aromatic nitrogens is 4. The Morgan fingerprint density at radius 1 is 1.23 bits per heavy atom. The first-order valence-corrected chi connectivity index (χ1v) is 9.36. The number of hydrogen-bond acceptors (Lipinski definition) is 9. The molecule has 0 bridgehead atoms. The zero-order valence-corrected chi connectivity index (χ0v) is 16.5. The van der Waals surface area contributed by atoms with Gasteiger partial charge < -0.3 is 19.7 Å². The Morgan fingerprint density at radius 2 is 2.03 bits per heavy atom. The summed E-state index contributed by atoms with van der Waals surface area (Å²) in [6, 6.07) is 3.70. The second-order valence-electron chi connectivity index (χ2n) is 6.94. The van der Waals surface area contributed by atoms with Crippen LogP contribution in [0.2, 0.25) is 0 Å². The van der Waals surface area contributed by atoms with Gasteiger partial charge in [0.05, 0.1) is 6.10 Å². The third kappa shape index (κ3) is 4.14. The number of aliphatic hydroxyl groups is 1. The summed E-state index contributed by atoms with van der Waals surface area (Å²) in [5.74, 6) is -1.31. The Hall–Kier alpha value is -3.67. The van der Waals surface area contributed by atoms with Gasteiger partial charge >= 0.3 is 6.09 Å². The van der Waals surface area contributed by atoms with Gasteiger partial charge in [0.25, 0.3) is 0 Å². The van der Waals surface area contributed by atoms with Crippen molar-refractivity contribution in [2.45, 2.75) is 32.0 Å². The van der Waals surface area contributed by atoms with Crippen LogP contribution in [0.5, 0.6) is 0 Å². The molecule has 0 radical (unpaired) electrons. The van der Waals surface area contributed by atoms with Gasteiger partial charge in [-0.3, -0.25) is 4.90 Å². The van der Waals surface area contributed by atoms with E-state index in [1.165, 1.54) is 23.2 Å². The molecule has 0 spiro atoms. The Bertz CT molecular complexity index is 1110. The molecule has 12 heteroatoms. The molecule has 10 nitrogen and oxygen atoms in total. The van der Waals surface area contributed by atoms with E-state index < -0.39 is 35.9 Å². The number of nitrogens with zero attached hydrogens (tertiary/aromatic N) is 5. The van der Waals surface area contributed by atoms with Gasteiger partial charge in [-0.25, -0.2) is 18.6 Å². The molecule has 1 aliphatic rings. The average molecular weight is 432 g/mol. The predicted molar refractivity (Wildman–Crippen MR) is 103 cm³/mol. The van der Waals surface area contributed by atoms with Gasteiger partial charge in [-0.2, -0.15) is 9.97 Å². The Kier molecular flexibility index (Phi) is 5.46. The molecule has 3 heterocycles. The fraction of sp³-hybridized carbons (Fsp3) is 0.316. The van der Waals surface area contributed by atoms with Gasteiger partial charge in [0, 0.05) is 11.8 Å². The number of hydrogen-bond donors (Lipinski definition) is 2. The highest BCUT2D eigenvalue weighted by Gasteiger charge is 2.38. The molecule has 2 N–H and O–H groups in total. The van der Waals surface area contributed by atoms with E-state index in [2.05, 4.69) is 25.4 Å². The van der Waals surface area contributed by atoms with E-state index in [4.69, 9.17) is 9.26 Å². The molecule has 1 aromatic carbocycles. The minimum Gasteiger partial charge on any atom is -0.447 e. The summed E-state index contributed by atoms with van der Waals surface area (Å²) in [5.41, 5.74) is 0.260. The van der Waals surface area contributed by atoms with Crippen LogP contribution in [0.15, 0.2) is 35.0 Å². The number of cyclic esters (lactones) is 1. The van der Waals surface area contributed by atoms with E-state index >= 15 is 0 Å². The lowest BCUT2D eigenvalue weighted by molar-refractivity contribution is 0.142. The van der Waals surface area contributed by atoms with Crippen LogP contribution in [0.1, 0.15) is 25.8 Å². The molecule has 3 atom stereocenters. The van der Waals surface area contributed by atoms with Crippen molar-refractivity contribution in [1.82, 2.24) is 20.1 Å². The van der Waals surface area contributed by atoms with E-state index in [-0.39, 0.29) is 35.7 Å². The van der Waals surface area contributed by atoms with Crippen molar-refractivity contribution >= 4 is 17.9 Å². The smallest absolute Gasteiger partial charge is 0.416 e. The lowest BCUT2D eigenvalue weighted by Gasteiger charge is -2.22. The molecule has 162 valence electrons. The van der Waals surface area contributed by atoms with E-state index in [1.54, 1.807) is 13.8 Å². The van der Waals surface area contributed by atoms with Crippen LogP contribution in [0.4, 0.5) is 25.3 Å². The molecule has 1 unspecified atom stereocenters. The third-order valence-electron chi connectivity index (χ3n) is 4.69. The van der Waals surface area contributed by atoms with Crippen molar-refractivity contribution in [2.75, 3.05) is 16.8 Å². The normalized spacial score (nSPS) is 18.0. The molecular formula is C19H18F2N6O4. The van der Waals surface area contributed by atoms with Crippen molar-refractivity contribution in [3.05, 3.63) is 48.0 Å². The SMILES string of the molecule is C[C@H](Nc1nccc(N2C(=O)OCC2[C@@H](C)O)n1)c1nc(-c2ccc(F)c(F)c2)no1. The fourth-order valence-corrected chi connectivity index (χ4v) is 3.03. The Labute approximate surface area is 174 Å². The molecule has 1 saturated heterocycles. The summed E-state index contributed by atoms with van der Waals surface area (Å²) >= 11 is 0. The Balaban J connectivity index is 1.51. The van der Waals surface area contributed by atoms with Gasteiger partial charge in [-0.15, -0.1) is 0 Å². The number of carbonyl (C=O) groups is 1. The maximum atomic E-state index is 13.4. The molecule has 3 aromatic rings. The largest absolute Gasteiger partial charge is 0.447 e. The van der Waals surface area contributed by atoms with Gasteiger partial charge in [-0.05, 0) is 38.1 Å². The van der Waals surface area contributed by atoms with Crippen LogP contribution >= 0.6 is 0 Å². The van der Waals surface area contributed by atoms with Crippen LogP contribution in [-0.4, -0.2) is 50.1 Å². The summed E-state index contributed by atoms with van der Waals surface area (Å²) in [6.07, 6.45) is 0.0179. The average Bonchev–Trinajstić information content (AvgIpc) is 3.37. The zero-order valence-electron chi connectivity index (χ0n) is 16.5. The van der Waals surface area contributed by atoms with Crippen LogP contribution in [0.3, 0.4) is 0 Å². The minimum atomic E-state index is -1.02. The lowest BCUT2D eigenvalue weighted by Crippen LogP contribution is -2.41. The van der Waals surface area contributed by atoms with Crippen LogP contribution < -0.4 is 10.2 Å². The van der Waals surface area contributed by atoms with E-state index in [0.717, 1.165) is 12.1 Å². The van der Waals surface area contributed by atoms with Crippen LogP contribution in [-0.2, 0) is 4.74 Å². The number of amides is 1. The first-order chi connectivity index (χ1) is 14.8. The third-order valence-corrected chi connectivity index (χ3v) is 4.69. The van der Waals surface area contributed by atoms with Gasteiger partial charge in [0.1, 0.15) is 24.5 Å². The lowest BCUT2D eigenvalue weighted by atomic mass is 10.2. The molecule has 0 saturated carbocycles. The summed E-state index contributed by atoms with van der Waals surface area (Å²) in [4.78, 5) is 25.9. The summed E-state index contributed by atoms with van der Waals surface area (Å²) in [5, 5.41) is 16.6. The first-order valence-electron chi connectivity index (χ1n) is 9.36. The van der Waals surface area contributed by atoms with Crippen molar-refractivity contribution in [1.29, 1.82) is 0 Å². The van der Waals surface area contributed by atoms with Crippen molar-refractivity contribution < 1.29 is 27.9 Å². The van der Waals surface area contributed by atoms with Gasteiger partial charge in [-0.1, -0.05) is 5.16 Å². The quantitative estimate of drug-likeness (QED) is 0.604. The first kappa shape index (κ1) is 20.6. The predicted octanol–water partition coefficient (Wildman–Crippen LogP) is 2.68. The summed E-state index contributed by atoms with van der Waals surface area (Å²) in [7, 11) is 0. The number of ether oxygens (including phenoxy) is 1. The number of aliphatic hydroxyl groups excluding tert-OH is 1. The van der Waals surface area contributed by atoms with Gasteiger partial charge in [0.15, 0.2) is 11.6 Å².